The van der Waals surface area contributed by atoms with E-state index in [1.165, 1.54) is 9.79 Å². The van der Waals surface area contributed by atoms with Gasteiger partial charge < -0.3 is 13.7 Å². The van der Waals surface area contributed by atoms with Crippen molar-refractivity contribution in [3.63, 3.8) is 0 Å². The summed E-state index contributed by atoms with van der Waals surface area (Å²) in [4.78, 5) is 26.3. The summed E-state index contributed by atoms with van der Waals surface area (Å²) in [6.45, 7) is 0. The molecule has 0 N–H and O–H groups in total. The number of hydrogen-bond donors (Lipinski definition) is 0. The minimum Gasteiger partial charge on any atom is -0.469 e. The van der Waals surface area contributed by atoms with Crippen LogP contribution in [0.3, 0.4) is 0 Å². The number of halogens is 3. The Morgan fingerprint density at radius 1 is 0.756 bits per heavy atom. The van der Waals surface area contributed by atoms with E-state index in [1.807, 2.05) is 36.4 Å². The van der Waals surface area contributed by atoms with Crippen LogP contribution >= 0.6 is 12.0 Å². The third-order valence-electron chi connectivity index (χ3n) is 7.08. The molecule has 1 aliphatic carbocycles. The van der Waals surface area contributed by atoms with E-state index in [0.29, 0.717) is 4.90 Å². The van der Waals surface area contributed by atoms with Crippen molar-refractivity contribution in [2.24, 2.45) is 5.92 Å². The Balaban J connectivity index is 0.000000281. The normalized spacial score (nSPS) is 15.4. The predicted octanol–water partition coefficient (Wildman–Crippen LogP) is 7.06. The van der Waals surface area contributed by atoms with E-state index in [0.717, 1.165) is 58.3 Å². The van der Waals surface area contributed by atoms with Gasteiger partial charge in [0, 0.05) is 12.0 Å². The molecule has 0 spiro atoms. The van der Waals surface area contributed by atoms with Gasteiger partial charge in [-0.1, -0.05) is 55.7 Å². The molecule has 0 amide bonds. The lowest BCUT2D eigenvalue weighted by atomic mass is 10.0. The van der Waals surface area contributed by atoms with Crippen LogP contribution in [0, 0.1) is 5.92 Å². The number of esters is 2. The highest BCUT2D eigenvalue weighted by atomic mass is 32.2. The van der Waals surface area contributed by atoms with E-state index in [-0.39, 0.29) is 28.2 Å². The molecule has 0 saturated heterocycles. The van der Waals surface area contributed by atoms with Gasteiger partial charge >= 0.3 is 18.1 Å². The van der Waals surface area contributed by atoms with Crippen LogP contribution < -0.4 is 0 Å². The van der Waals surface area contributed by atoms with Crippen LogP contribution in [0.4, 0.5) is 13.2 Å². The molecule has 7 nitrogen and oxygen atoms in total. The maximum absolute atomic E-state index is 13.0. The van der Waals surface area contributed by atoms with Gasteiger partial charge in [-0.2, -0.15) is 13.2 Å². The van der Waals surface area contributed by atoms with Gasteiger partial charge in [0.05, 0.1) is 42.4 Å². The lowest BCUT2D eigenvalue weighted by Crippen LogP contribution is -2.43. The number of sulfone groups is 1. The molecule has 0 heterocycles. The number of alkyl halides is 3. The highest BCUT2D eigenvalue weighted by molar-refractivity contribution is 7.97. The molecule has 0 aliphatic heterocycles. The topological polar surface area (TPSA) is 96.0 Å². The lowest BCUT2D eigenvalue weighted by Gasteiger charge is -2.23. The highest BCUT2D eigenvalue weighted by Crippen LogP contribution is 2.36. The number of benzene rings is 3. The van der Waals surface area contributed by atoms with Crippen LogP contribution in [0.5, 0.6) is 0 Å². The van der Waals surface area contributed by atoms with Crippen molar-refractivity contribution in [2.45, 2.75) is 68.4 Å². The van der Waals surface area contributed by atoms with E-state index in [2.05, 4.69) is 62.2 Å². The second-order valence-electron chi connectivity index (χ2n) is 9.96. The SMILES string of the molecule is COSC(C(=O)OC)C(C(=O)OC)C(F)(F)F.O=S(=O)(c1ccc([S+](c2ccccc2)c2ccccc2)cc1)C1CCCCC1. The molecule has 0 aromatic heterocycles. The second kappa shape index (κ2) is 17.1. The van der Waals surface area contributed by atoms with Gasteiger partial charge in [0.25, 0.3) is 0 Å². The first-order valence-corrected chi connectivity index (χ1v) is 17.6. The van der Waals surface area contributed by atoms with Gasteiger partial charge in [0.2, 0.25) is 0 Å². The smallest absolute Gasteiger partial charge is 0.403 e. The van der Waals surface area contributed by atoms with Gasteiger partial charge in [0.1, 0.15) is 0 Å². The molecular formula is C32H36F3O7S3+. The van der Waals surface area contributed by atoms with Crippen LogP contribution in [0.1, 0.15) is 32.1 Å². The molecular weight excluding hydrogens is 650 g/mol. The van der Waals surface area contributed by atoms with Gasteiger partial charge in [-0.3, -0.25) is 9.59 Å². The minimum absolute atomic E-state index is 0.192. The maximum Gasteiger partial charge on any atom is 0.403 e. The Kier molecular flexibility index (Phi) is 13.8. The zero-order chi connectivity index (χ0) is 33.0. The number of methoxy groups -OCH3 is 2. The third-order valence-corrected chi connectivity index (χ3v) is 12.5. The zero-order valence-corrected chi connectivity index (χ0v) is 27.5. The first-order chi connectivity index (χ1) is 21.4. The lowest BCUT2D eigenvalue weighted by molar-refractivity contribution is -0.199. The Bertz CT molecular complexity index is 1420. The Labute approximate surface area is 269 Å². The van der Waals surface area contributed by atoms with E-state index < -0.39 is 39.1 Å². The highest BCUT2D eigenvalue weighted by Gasteiger charge is 2.54. The Hall–Kier alpha value is -3.00. The van der Waals surface area contributed by atoms with E-state index in [1.54, 1.807) is 0 Å². The first kappa shape index (κ1) is 36.5. The molecule has 0 bridgehead atoms. The standard InChI is InChI=1S/C24H25O2S2.C8H11F3O5S/c25-28(26,23-14-8-3-9-15-23)24-18-16-22(17-19-24)27(20-10-4-1-5-11-20)21-12-6-2-7-13-21;1-14-6(12)4(8(9,10)11)5(17-16-3)7(13)15-2/h1-2,4-7,10-13,16-19,23H,3,8-9,14-15H2;4-5H,1-3H3/q+1;. The average Bonchev–Trinajstić information content (AvgIpc) is 3.05. The van der Waals surface area contributed by atoms with Gasteiger partial charge in [-0.25, -0.2) is 8.42 Å². The summed E-state index contributed by atoms with van der Waals surface area (Å²) in [5.41, 5.74) is 0. The number of hydrogen-bond acceptors (Lipinski definition) is 8. The van der Waals surface area contributed by atoms with Crippen LogP contribution in [-0.2, 0) is 44.0 Å². The van der Waals surface area contributed by atoms with E-state index in [9.17, 15) is 31.2 Å². The molecule has 4 rings (SSSR count). The summed E-state index contributed by atoms with van der Waals surface area (Å²) in [5, 5.41) is -2.08. The molecule has 1 saturated carbocycles. The molecule has 3 aromatic rings. The molecule has 13 heteroatoms. The van der Waals surface area contributed by atoms with Crippen molar-refractivity contribution in [3.8, 4) is 0 Å². The number of rotatable bonds is 10. The fourth-order valence-corrected chi connectivity index (χ4v) is 9.56. The monoisotopic (exact) mass is 685 g/mol. The second-order valence-corrected chi connectivity index (χ2v) is 15.2. The van der Waals surface area contributed by atoms with E-state index in [4.69, 9.17) is 0 Å². The number of carbonyl (C=O) groups is 2. The molecule has 2 atom stereocenters. The molecule has 1 aliphatic rings. The Morgan fingerprint density at radius 3 is 1.64 bits per heavy atom. The van der Waals surface area contributed by atoms with Gasteiger partial charge in [-0.05, 0) is 61.4 Å². The molecule has 3 aromatic carbocycles. The first-order valence-electron chi connectivity index (χ1n) is 14.1. The van der Waals surface area contributed by atoms with Gasteiger partial charge in [0.15, 0.2) is 35.7 Å². The molecule has 2 unspecified atom stereocenters. The summed E-state index contributed by atoms with van der Waals surface area (Å²) >= 11 is 0.192. The van der Waals surface area contributed by atoms with Gasteiger partial charge in [-0.15, -0.1) is 0 Å². The summed E-state index contributed by atoms with van der Waals surface area (Å²) < 4.78 is 76.6. The summed E-state index contributed by atoms with van der Waals surface area (Å²) in [5.74, 6) is -5.42. The molecule has 1 fully saturated rings. The molecule has 244 valence electrons. The fourth-order valence-electron chi connectivity index (χ4n) is 4.86. The van der Waals surface area contributed by atoms with Crippen LogP contribution in [0.15, 0.2) is 105 Å². The summed E-state index contributed by atoms with van der Waals surface area (Å²) in [6, 6.07) is 28.5. The van der Waals surface area contributed by atoms with Crippen LogP contribution in [0.25, 0.3) is 0 Å². The average molecular weight is 686 g/mol. The van der Waals surface area contributed by atoms with Crippen molar-refractivity contribution in [2.75, 3.05) is 21.3 Å². The third kappa shape index (κ3) is 9.74. The molecule has 0 radical (unpaired) electrons. The fraction of sp³-hybridized carbons (Fsp3) is 0.375. The largest absolute Gasteiger partial charge is 0.469 e. The minimum atomic E-state index is -4.93. The summed E-state index contributed by atoms with van der Waals surface area (Å²) in [6.07, 6.45) is -0.148. The van der Waals surface area contributed by atoms with Crippen molar-refractivity contribution in [1.29, 1.82) is 0 Å². The van der Waals surface area contributed by atoms with Crippen molar-refractivity contribution < 1.29 is 44.8 Å². The quantitative estimate of drug-likeness (QED) is 0.127. The zero-order valence-electron chi connectivity index (χ0n) is 25.1. The molecule has 45 heavy (non-hydrogen) atoms. The van der Waals surface area contributed by atoms with Crippen molar-refractivity contribution in [1.82, 2.24) is 0 Å². The number of ether oxygens (including phenoxy) is 2. The maximum atomic E-state index is 13.0. The van der Waals surface area contributed by atoms with E-state index >= 15 is 0 Å². The van der Waals surface area contributed by atoms with Crippen molar-refractivity contribution >= 4 is 44.7 Å². The predicted molar refractivity (Wildman–Crippen MR) is 168 cm³/mol. The number of carbonyl (C=O) groups excluding carboxylic acids is 2. The van der Waals surface area contributed by atoms with Crippen LogP contribution in [0.2, 0.25) is 0 Å². The van der Waals surface area contributed by atoms with Crippen LogP contribution in [-0.4, -0.2) is 58.4 Å². The Morgan fingerprint density at radius 2 is 1.22 bits per heavy atom. The van der Waals surface area contributed by atoms with Crippen molar-refractivity contribution in [3.05, 3.63) is 84.9 Å². The summed E-state index contributed by atoms with van der Waals surface area (Å²) in [7, 11) is -0.694.